The highest BCUT2D eigenvalue weighted by Gasteiger charge is 2.11. The fourth-order valence-electron chi connectivity index (χ4n) is 3.61. The molecule has 1 aromatic heterocycles. The molecule has 0 unspecified atom stereocenters. The summed E-state index contributed by atoms with van der Waals surface area (Å²) in [6.45, 7) is 2.24. The zero-order chi connectivity index (χ0) is 20.9. The number of hydrogen-bond donors (Lipinski definition) is 1. The van der Waals surface area contributed by atoms with Gasteiger partial charge < -0.3 is 9.52 Å². The Labute approximate surface area is 176 Å². The summed E-state index contributed by atoms with van der Waals surface area (Å²) in [7, 11) is 0. The molecule has 0 aliphatic carbocycles. The molecule has 152 valence electrons. The Kier molecular flexibility index (Phi) is 5.94. The monoisotopic (exact) mass is 399 g/mol. The van der Waals surface area contributed by atoms with E-state index < -0.39 is 5.97 Å². The number of unbranched alkanes of at least 4 members (excludes halogenated alkanes) is 3. The number of hydrogen-bond acceptors (Lipinski definition) is 3. The molecule has 0 radical (unpaired) electrons. The lowest BCUT2D eigenvalue weighted by Gasteiger charge is -2.05. The van der Waals surface area contributed by atoms with Gasteiger partial charge in [-0.25, -0.2) is 9.78 Å². The van der Waals surface area contributed by atoms with Gasteiger partial charge in [0, 0.05) is 5.56 Å². The first kappa shape index (κ1) is 19.9. The van der Waals surface area contributed by atoms with E-state index in [0.717, 1.165) is 17.5 Å². The van der Waals surface area contributed by atoms with Crippen molar-refractivity contribution in [2.24, 2.45) is 0 Å². The van der Waals surface area contributed by atoms with Gasteiger partial charge in [-0.3, -0.25) is 0 Å². The summed E-state index contributed by atoms with van der Waals surface area (Å²) >= 11 is 0. The van der Waals surface area contributed by atoms with Gasteiger partial charge in [0.1, 0.15) is 5.52 Å². The predicted molar refractivity (Wildman–Crippen MR) is 120 cm³/mol. The third-order valence-electron chi connectivity index (χ3n) is 5.37. The highest BCUT2D eigenvalue weighted by atomic mass is 16.4. The van der Waals surface area contributed by atoms with Gasteiger partial charge in [0.25, 0.3) is 0 Å². The molecular formula is C26H25NO3. The largest absolute Gasteiger partial charge is 0.478 e. The molecule has 0 amide bonds. The Hall–Kier alpha value is -3.40. The molecule has 0 fully saturated rings. The number of carboxylic acid groups (broad SMARTS) is 1. The van der Waals surface area contributed by atoms with Crippen molar-refractivity contribution in [3.8, 4) is 22.6 Å². The van der Waals surface area contributed by atoms with Crippen molar-refractivity contribution in [1.29, 1.82) is 0 Å². The average Bonchev–Trinajstić information content (AvgIpc) is 3.21. The lowest BCUT2D eigenvalue weighted by atomic mass is 10.0. The van der Waals surface area contributed by atoms with E-state index in [1.165, 1.54) is 48.9 Å². The van der Waals surface area contributed by atoms with E-state index in [2.05, 4.69) is 48.3 Å². The van der Waals surface area contributed by atoms with Gasteiger partial charge in [0.05, 0.1) is 5.56 Å². The fraction of sp³-hybridized carbons (Fsp3) is 0.231. The third-order valence-corrected chi connectivity index (χ3v) is 5.37. The Morgan fingerprint density at radius 1 is 0.867 bits per heavy atom. The SMILES string of the molecule is CCCCCCc1ccc(-c2ccc(-c3nc4cc(C(=O)O)ccc4o3)cc2)cc1. The van der Waals surface area contributed by atoms with Crippen LogP contribution in [0.2, 0.25) is 0 Å². The number of oxazole rings is 1. The molecule has 4 nitrogen and oxygen atoms in total. The van der Waals surface area contributed by atoms with E-state index in [9.17, 15) is 4.79 Å². The number of aromatic carboxylic acids is 1. The summed E-state index contributed by atoms with van der Waals surface area (Å²) in [6.07, 6.45) is 6.27. The number of carbonyl (C=O) groups is 1. The molecule has 4 heteroatoms. The van der Waals surface area contributed by atoms with Crippen LogP contribution in [0.5, 0.6) is 0 Å². The lowest BCUT2D eigenvalue weighted by molar-refractivity contribution is 0.0697. The van der Waals surface area contributed by atoms with Crippen LogP contribution in [0.3, 0.4) is 0 Å². The molecule has 1 heterocycles. The van der Waals surface area contributed by atoms with Gasteiger partial charge in [-0.15, -0.1) is 0 Å². The third kappa shape index (κ3) is 4.43. The van der Waals surface area contributed by atoms with Crippen LogP contribution in [0.15, 0.2) is 71.1 Å². The summed E-state index contributed by atoms with van der Waals surface area (Å²) in [6, 6.07) is 21.6. The quantitative estimate of drug-likeness (QED) is 0.325. The minimum absolute atomic E-state index is 0.200. The Morgan fingerprint density at radius 2 is 1.53 bits per heavy atom. The number of nitrogens with zero attached hydrogens (tertiary/aromatic N) is 1. The number of fused-ring (bicyclic) bond motifs is 1. The van der Waals surface area contributed by atoms with Crippen molar-refractivity contribution in [2.45, 2.75) is 39.0 Å². The van der Waals surface area contributed by atoms with Crippen molar-refractivity contribution in [1.82, 2.24) is 4.98 Å². The molecule has 0 spiro atoms. The lowest BCUT2D eigenvalue weighted by Crippen LogP contribution is -1.94. The van der Waals surface area contributed by atoms with Crippen LogP contribution in [0.25, 0.3) is 33.7 Å². The molecule has 3 aromatic carbocycles. The molecule has 1 N–H and O–H groups in total. The second-order valence-electron chi connectivity index (χ2n) is 7.59. The van der Waals surface area contributed by atoms with Gasteiger partial charge in [-0.05, 0) is 59.9 Å². The van der Waals surface area contributed by atoms with Crippen LogP contribution in [-0.4, -0.2) is 16.1 Å². The minimum atomic E-state index is -0.974. The van der Waals surface area contributed by atoms with Crippen LogP contribution in [0, 0.1) is 0 Å². The highest BCUT2D eigenvalue weighted by molar-refractivity contribution is 5.92. The summed E-state index contributed by atoms with van der Waals surface area (Å²) in [5, 5.41) is 9.13. The van der Waals surface area contributed by atoms with Crippen LogP contribution in [0.1, 0.15) is 48.5 Å². The number of carboxylic acids is 1. The molecule has 0 atom stereocenters. The van der Waals surface area contributed by atoms with E-state index >= 15 is 0 Å². The average molecular weight is 399 g/mol. The zero-order valence-electron chi connectivity index (χ0n) is 17.1. The van der Waals surface area contributed by atoms with Crippen molar-refractivity contribution in [3.05, 3.63) is 77.9 Å². The first-order valence-electron chi connectivity index (χ1n) is 10.5. The standard InChI is InChI=1S/C26H25NO3/c1-2-3-4-5-6-18-7-9-19(10-8-18)20-11-13-21(14-12-20)25-27-23-17-22(26(28)29)15-16-24(23)30-25/h7-17H,2-6H2,1H3,(H,28,29). The van der Waals surface area contributed by atoms with Gasteiger partial charge in [-0.1, -0.05) is 62.6 Å². The van der Waals surface area contributed by atoms with Crippen molar-refractivity contribution >= 4 is 17.1 Å². The van der Waals surface area contributed by atoms with E-state index in [0.29, 0.717) is 17.0 Å². The molecule has 0 aliphatic heterocycles. The van der Waals surface area contributed by atoms with E-state index in [1.807, 2.05) is 12.1 Å². The molecule has 0 saturated carbocycles. The van der Waals surface area contributed by atoms with Crippen molar-refractivity contribution < 1.29 is 14.3 Å². The number of aryl methyl sites for hydroxylation is 1. The molecule has 4 rings (SSSR count). The number of aromatic nitrogens is 1. The molecule has 0 bridgehead atoms. The topological polar surface area (TPSA) is 63.3 Å². The van der Waals surface area contributed by atoms with Crippen LogP contribution in [-0.2, 0) is 6.42 Å². The second-order valence-corrected chi connectivity index (χ2v) is 7.59. The van der Waals surface area contributed by atoms with Gasteiger partial charge in [0.15, 0.2) is 5.58 Å². The highest BCUT2D eigenvalue weighted by Crippen LogP contribution is 2.28. The van der Waals surface area contributed by atoms with E-state index in [4.69, 9.17) is 9.52 Å². The zero-order valence-corrected chi connectivity index (χ0v) is 17.1. The smallest absolute Gasteiger partial charge is 0.335 e. The maximum absolute atomic E-state index is 11.1. The van der Waals surface area contributed by atoms with E-state index in [-0.39, 0.29) is 5.56 Å². The van der Waals surface area contributed by atoms with Gasteiger partial charge in [0.2, 0.25) is 5.89 Å². The Bertz CT molecular complexity index is 1140. The van der Waals surface area contributed by atoms with Crippen molar-refractivity contribution in [3.63, 3.8) is 0 Å². The second kappa shape index (κ2) is 8.95. The normalized spacial score (nSPS) is 11.1. The summed E-state index contributed by atoms with van der Waals surface area (Å²) < 4.78 is 5.80. The first-order valence-corrected chi connectivity index (χ1v) is 10.5. The summed E-state index contributed by atoms with van der Waals surface area (Å²) in [4.78, 5) is 15.6. The fourth-order valence-corrected chi connectivity index (χ4v) is 3.61. The van der Waals surface area contributed by atoms with E-state index in [1.54, 1.807) is 6.07 Å². The predicted octanol–water partition coefficient (Wildman–Crippen LogP) is 6.98. The summed E-state index contributed by atoms with van der Waals surface area (Å²) in [5.41, 5.74) is 5.89. The Morgan fingerprint density at radius 3 is 2.20 bits per heavy atom. The maximum atomic E-state index is 11.1. The molecule has 30 heavy (non-hydrogen) atoms. The van der Waals surface area contributed by atoms with Crippen molar-refractivity contribution in [2.75, 3.05) is 0 Å². The molecular weight excluding hydrogens is 374 g/mol. The number of benzene rings is 3. The maximum Gasteiger partial charge on any atom is 0.335 e. The first-order chi connectivity index (χ1) is 14.6. The van der Waals surface area contributed by atoms with Gasteiger partial charge >= 0.3 is 5.97 Å². The minimum Gasteiger partial charge on any atom is -0.478 e. The van der Waals surface area contributed by atoms with Crippen LogP contribution >= 0.6 is 0 Å². The molecule has 4 aromatic rings. The van der Waals surface area contributed by atoms with Crippen LogP contribution in [0.4, 0.5) is 0 Å². The summed E-state index contributed by atoms with van der Waals surface area (Å²) in [5.74, 6) is -0.487. The Balaban J connectivity index is 1.49. The number of rotatable bonds is 8. The molecule has 0 saturated heterocycles. The van der Waals surface area contributed by atoms with Gasteiger partial charge in [-0.2, -0.15) is 0 Å². The van der Waals surface area contributed by atoms with Crippen LogP contribution < -0.4 is 0 Å². The molecule has 0 aliphatic rings.